The summed E-state index contributed by atoms with van der Waals surface area (Å²) in [6, 6.07) is 0.277. The second-order valence-electron chi connectivity index (χ2n) is 10.1. The van der Waals surface area contributed by atoms with Crippen molar-refractivity contribution in [1.29, 1.82) is 0 Å². The summed E-state index contributed by atoms with van der Waals surface area (Å²) in [4.78, 5) is 14.0. The monoisotopic (exact) mass is 471 g/mol. The van der Waals surface area contributed by atoms with Crippen molar-refractivity contribution in [3.63, 3.8) is 0 Å². The summed E-state index contributed by atoms with van der Waals surface area (Å²) < 4.78 is 34.9. The quantitative estimate of drug-likeness (QED) is 0.400. The molecule has 0 spiro atoms. The lowest BCUT2D eigenvalue weighted by molar-refractivity contribution is 0.0754. The van der Waals surface area contributed by atoms with Gasteiger partial charge in [0.05, 0.1) is 12.7 Å². The van der Waals surface area contributed by atoms with E-state index in [4.69, 9.17) is 4.74 Å². The Labute approximate surface area is 190 Å². The first-order chi connectivity index (χ1) is 15.3. The first-order valence-electron chi connectivity index (χ1n) is 12.0. The number of nitrogens with zero attached hydrogens (tertiary/aromatic N) is 3. The minimum absolute atomic E-state index is 0.0121. The molecule has 1 saturated carbocycles. The molecule has 0 aromatic carbocycles. The van der Waals surface area contributed by atoms with Gasteiger partial charge in [-0.1, -0.05) is 6.42 Å². The number of amides is 1. The van der Waals surface area contributed by atoms with E-state index >= 15 is 0 Å². The van der Waals surface area contributed by atoms with E-state index in [9.17, 15) is 13.2 Å². The predicted molar refractivity (Wildman–Crippen MR) is 119 cm³/mol. The Morgan fingerprint density at radius 1 is 1.12 bits per heavy atom. The lowest BCUT2D eigenvalue weighted by Crippen LogP contribution is -2.57. The number of ether oxygens (including phenoxy) is 1. The van der Waals surface area contributed by atoms with Crippen LogP contribution >= 0.6 is 0 Å². The highest BCUT2D eigenvalue weighted by Crippen LogP contribution is 2.31. The zero-order valence-electron chi connectivity index (χ0n) is 19.0. The lowest BCUT2D eigenvalue weighted by atomic mass is 9.82. The van der Waals surface area contributed by atoms with Gasteiger partial charge < -0.3 is 15.0 Å². The van der Waals surface area contributed by atoms with Crippen LogP contribution in [0.2, 0.25) is 0 Å². The Morgan fingerprint density at radius 2 is 1.97 bits per heavy atom. The minimum Gasteiger partial charge on any atom is -0.444 e. The summed E-state index contributed by atoms with van der Waals surface area (Å²) >= 11 is 0. The number of likely N-dealkylation sites (N-methyl/N-ethyl adjacent to an activating group) is 1. The standard InChI is InChI=1S/C20H37N7O4S/c1-13-11-26(20(28)31-13)15-6-7-21-18(8-15)27-12-16(10-23-27)32(29,30)24-17-5-3-4-14-9-22-25(2)19(14)17/h13-19,21-24H,3-12H2,1-2H3/t13-,14?,15?,16?,17?,18?,19?/m0/s1. The molecule has 0 aromatic heterocycles. The SMILES string of the molecule is C[C@H]1CN(C2CCNC(N3CC(S(=O)(=O)NC4CCCC5CNN(C)C54)CN3)C2)C(=O)O1. The Hall–Kier alpha value is -1.02. The van der Waals surface area contributed by atoms with Gasteiger partial charge in [0.25, 0.3) is 0 Å². The summed E-state index contributed by atoms with van der Waals surface area (Å²) in [5.41, 5.74) is 6.66. The fraction of sp³-hybridized carbons (Fsp3) is 0.950. The van der Waals surface area contributed by atoms with Crippen LogP contribution in [0.25, 0.3) is 0 Å². The third-order valence-electron chi connectivity index (χ3n) is 7.87. The summed E-state index contributed by atoms with van der Waals surface area (Å²) in [6.45, 7) is 5.07. The van der Waals surface area contributed by atoms with Gasteiger partial charge in [-0.2, -0.15) is 0 Å². The molecule has 4 N–H and O–H groups in total. The number of sulfonamides is 1. The molecular formula is C20H37N7O4S. The van der Waals surface area contributed by atoms with E-state index in [1.807, 2.05) is 23.9 Å². The van der Waals surface area contributed by atoms with E-state index in [1.54, 1.807) is 0 Å². The van der Waals surface area contributed by atoms with Crippen molar-refractivity contribution in [1.82, 2.24) is 35.8 Å². The van der Waals surface area contributed by atoms with Gasteiger partial charge in [-0.15, -0.1) is 0 Å². The number of hydrogen-bond acceptors (Lipinski definition) is 9. The van der Waals surface area contributed by atoms with Crippen LogP contribution in [0.1, 0.15) is 39.0 Å². The third-order valence-corrected chi connectivity index (χ3v) is 9.70. The molecule has 6 unspecified atom stereocenters. The zero-order valence-corrected chi connectivity index (χ0v) is 19.8. The molecule has 7 atom stereocenters. The highest BCUT2D eigenvalue weighted by molar-refractivity contribution is 7.90. The molecule has 1 aliphatic carbocycles. The normalized spacial score (nSPS) is 41.8. The second kappa shape index (κ2) is 8.97. The maximum atomic E-state index is 13.3. The molecular weight excluding hydrogens is 434 g/mol. The van der Waals surface area contributed by atoms with Crippen molar-refractivity contribution in [3.05, 3.63) is 0 Å². The van der Waals surface area contributed by atoms with E-state index < -0.39 is 15.3 Å². The van der Waals surface area contributed by atoms with Crippen molar-refractivity contribution in [2.24, 2.45) is 5.92 Å². The Kier molecular flexibility index (Phi) is 6.38. The first kappa shape index (κ1) is 22.8. The van der Waals surface area contributed by atoms with Crippen LogP contribution in [0, 0.1) is 5.92 Å². The van der Waals surface area contributed by atoms with Crippen LogP contribution < -0.4 is 20.9 Å². The number of piperidine rings is 1. The molecule has 1 amide bonds. The highest BCUT2D eigenvalue weighted by Gasteiger charge is 2.45. The number of carbonyl (C=O) groups excluding carboxylic acids is 1. The van der Waals surface area contributed by atoms with Gasteiger partial charge in [0, 0.05) is 44.8 Å². The predicted octanol–water partition coefficient (Wildman–Crippen LogP) is -0.999. The van der Waals surface area contributed by atoms with Gasteiger partial charge >= 0.3 is 6.09 Å². The minimum atomic E-state index is -3.46. The van der Waals surface area contributed by atoms with Crippen LogP contribution in [0.5, 0.6) is 0 Å². The largest absolute Gasteiger partial charge is 0.444 e. The summed E-state index contributed by atoms with van der Waals surface area (Å²) in [7, 11) is -1.45. The van der Waals surface area contributed by atoms with Crippen LogP contribution in [0.15, 0.2) is 0 Å². The molecule has 182 valence electrons. The molecule has 4 heterocycles. The number of rotatable bonds is 5. The van der Waals surface area contributed by atoms with Crippen LogP contribution in [0.3, 0.4) is 0 Å². The summed E-state index contributed by atoms with van der Waals surface area (Å²) in [5, 5.41) is 7.08. The maximum absolute atomic E-state index is 13.3. The molecule has 11 nitrogen and oxygen atoms in total. The smallest absolute Gasteiger partial charge is 0.410 e. The molecule has 32 heavy (non-hydrogen) atoms. The Bertz CT molecular complexity index is 812. The third kappa shape index (κ3) is 4.38. The van der Waals surface area contributed by atoms with E-state index in [-0.39, 0.29) is 36.5 Å². The van der Waals surface area contributed by atoms with Gasteiger partial charge in [0.1, 0.15) is 11.4 Å². The molecule has 4 saturated heterocycles. The zero-order chi connectivity index (χ0) is 22.5. The van der Waals surface area contributed by atoms with Crippen molar-refractivity contribution in [2.45, 2.75) is 74.7 Å². The number of carbonyl (C=O) groups is 1. The van der Waals surface area contributed by atoms with E-state index in [0.717, 1.165) is 45.2 Å². The molecule has 4 aliphatic heterocycles. The van der Waals surface area contributed by atoms with E-state index in [0.29, 0.717) is 25.6 Å². The van der Waals surface area contributed by atoms with Crippen molar-refractivity contribution >= 4 is 16.1 Å². The van der Waals surface area contributed by atoms with E-state index in [1.165, 1.54) is 0 Å². The van der Waals surface area contributed by atoms with Gasteiger partial charge in [-0.05, 0) is 45.1 Å². The molecule has 5 rings (SSSR count). The molecule has 12 heteroatoms. The Balaban J connectivity index is 1.19. The van der Waals surface area contributed by atoms with Gasteiger partial charge in [0.2, 0.25) is 10.0 Å². The van der Waals surface area contributed by atoms with Crippen molar-refractivity contribution in [2.75, 3.05) is 39.8 Å². The number of nitrogens with one attached hydrogen (secondary N) is 4. The molecule has 5 aliphatic rings. The average molecular weight is 472 g/mol. The van der Waals surface area contributed by atoms with Crippen LogP contribution in [-0.2, 0) is 14.8 Å². The molecule has 0 radical (unpaired) electrons. The van der Waals surface area contributed by atoms with Crippen LogP contribution in [0.4, 0.5) is 4.79 Å². The lowest BCUT2D eigenvalue weighted by Gasteiger charge is -2.39. The second-order valence-corrected chi connectivity index (χ2v) is 12.0. The first-order valence-corrected chi connectivity index (χ1v) is 13.5. The summed E-state index contributed by atoms with van der Waals surface area (Å²) in [5.74, 6) is 0.503. The average Bonchev–Trinajstić information content (AvgIpc) is 3.48. The van der Waals surface area contributed by atoms with Crippen LogP contribution in [-0.4, -0.2) is 105 Å². The molecule has 0 bridgehead atoms. The Morgan fingerprint density at radius 3 is 2.75 bits per heavy atom. The molecule has 0 aromatic rings. The number of hydrogen-bond donors (Lipinski definition) is 4. The van der Waals surface area contributed by atoms with Gasteiger partial charge in [0.15, 0.2) is 0 Å². The van der Waals surface area contributed by atoms with E-state index in [2.05, 4.69) is 25.9 Å². The fourth-order valence-electron chi connectivity index (χ4n) is 6.22. The van der Waals surface area contributed by atoms with Gasteiger partial charge in [-0.25, -0.2) is 28.0 Å². The highest BCUT2D eigenvalue weighted by atomic mass is 32.2. The fourth-order valence-corrected chi connectivity index (χ4v) is 7.74. The number of fused-ring (bicyclic) bond motifs is 1. The topological polar surface area (TPSA) is 118 Å². The number of cyclic esters (lactones) is 1. The van der Waals surface area contributed by atoms with Crippen molar-refractivity contribution < 1.29 is 17.9 Å². The summed E-state index contributed by atoms with van der Waals surface area (Å²) in [6.07, 6.45) is 4.39. The maximum Gasteiger partial charge on any atom is 0.410 e. The molecule has 5 fully saturated rings. The van der Waals surface area contributed by atoms with Gasteiger partial charge in [-0.3, -0.25) is 10.9 Å². The van der Waals surface area contributed by atoms with Crippen molar-refractivity contribution in [3.8, 4) is 0 Å². The number of hydrazine groups is 2.